The molecule has 0 spiro atoms. The van der Waals surface area contributed by atoms with Crippen molar-refractivity contribution in [3.63, 3.8) is 0 Å². The van der Waals surface area contributed by atoms with Crippen LogP contribution in [0.15, 0.2) is 71.8 Å². The number of hydrogen-bond donors (Lipinski definition) is 2. The molecule has 2 aromatic carbocycles. The summed E-state index contributed by atoms with van der Waals surface area (Å²) in [5, 5.41) is 4.56. The summed E-state index contributed by atoms with van der Waals surface area (Å²) < 4.78 is 56.8. The lowest BCUT2D eigenvalue weighted by atomic mass is 9.91. The summed E-state index contributed by atoms with van der Waals surface area (Å²) in [7, 11) is -3.02. The molecule has 4 aromatic rings. The molecule has 0 radical (unpaired) electrons. The molecule has 1 amide bonds. The van der Waals surface area contributed by atoms with E-state index in [2.05, 4.69) is 5.09 Å². The van der Waals surface area contributed by atoms with E-state index in [9.17, 15) is 19.3 Å². The molecular weight excluding hydrogens is 675 g/mol. The van der Waals surface area contributed by atoms with Gasteiger partial charge < -0.3 is 18.9 Å². The topological polar surface area (TPSA) is 137 Å². The molecule has 1 saturated carbocycles. The first kappa shape index (κ1) is 32.5. The lowest BCUT2D eigenvalue weighted by Gasteiger charge is -2.51. The van der Waals surface area contributed by atoms with Crippen molar-refractivity contribution >= 4 is 20.0 Å². The minimum atomic E-state index is -4.23. The first-order chi connectivity index (χ1) is 24.1. The van der Waals surface area contributed by atoms with Crippen LogP contribution in [0.3, 0.4) is 0 Å². The zero-order valence-electron chi connectivity index (χ0n) is 27.0. The number of esters is 1. The Kier molecular flexibility index (Phi) is 7.80. The number of nitrogens with one attached hydrogen (secondary N) is 1. The molecule has 16 heteroatoms. The number of nitrogens with zero attached hydrogens (tertiary/aromatic N) is 4. The van der Waals surface area contributed by atoms with Crippen molar-refractivity contribution in [3.05, 3.63) is 106 Å². The Morgan fingerprint density at radius 3 is 2.64 bits per heavy atom. The van der Waals surface area contributed by atoms with Gasteiger partial charge in [-0.3, -0.25) is 23.8 Å². The number of halogens is 2. The van der Waals surface area contributed by atoms with E-state index >= 15 is 8.78 Å². The standard InChI is InChI=1S/C34H33F2N5O8P/c1-3-48-50(45,37-34(13-14-34)33(44)46-2)49-31-25(42)12-16-40-30(31)32(43)39-17-18-47-19-26(39)41(40)29-20-7-4-5-8-23(20)38-15-6-9-24(38)27-21(29)10-11-22(35)28(27)36/h4-12,15-16,26,29,37,45H,3,13-14,17-19H2,1-2H3/q+1. The molecular formula is C34H33F2N5O8P+. The van der Waals surface area contributed by atoms with Gasteiger partial charge in [-0.1, -0.05) is 29.4 Å². The third-order valence-corrected chi connectivity index (χ3v) is 11.3. The summed E-state index contributed by atoms with van der Waals surface area (Å²) in [5.74, 6) is -3.79. The maximum absolute atomic E-state index is 16.0. The van der Waals surface area contributed by atoms with Crippen molar-refractivity contribution in [2.45, 2.75) is 37.5 Å². The molecule has 3 atom stereocenters. The van der Waals surface area contributed by atoms with Crippen LogP contribution in [0, 0.1) is 11.6 Å². The highest BCUT2D eigenvalue weighted by atomic mass is 31.2. The number of amides is 1. The number of ether oxygens (including phenoxy) is 2. The largest absolute Gasteiger partial charge is 0.545 e. The lowest BCUT2D eigenvalue weighted by Crippen LogP contribution is -2.66. The van der Waals surface area contributed by atoms with Crippen molar-refractivity contribution in [1.82, 2.24) is 19.2 Å². The van der Waals surface area contributed by atoms with Crippen LogP contribution in [0.4, 0.5) is 8.78 Å². The maximum Gasteiger partial charge on any atom is 0.545 e. The average Bonchev–Trinajstić information content (AvgIpc) is 3.76. The zero-order valence-corrected chi connectivity index (χ0v) is 27.9. The zero-order chi connectivity index (χ0) is 34.9. The number of rotatable bonds is 8. The number of pyridine rings is 1. The number of carbonyl (C=O) groups is 2. The highest BCUT2D eigenvalue weighted by Gasteiger charge is 2.63. The maximum atomic E-state index is 16.0. The van der Waals surface area contributed by atoms with Gasteiger partial charge in [0.25, 0.3) is 11.7 Å². The monoisotopic (exact) mass is 708 g/mol. The smallest absolute Gasteiger partial charge is 0.468 e. The fourth-order valence-corrected chi connectivity index (χ4v) is 8.97. The number of methoxy groups -OCH3 is 1. The van der Waals surface area contributed by atoms with Crippen molar-refractivity contribution < 1.29 is 41.8 Å². The minimum absolute atomic E-state index is 0.0360. The number of morpholine rings is 1. The summed E-state index contributed by atoms with van der Waals surface area (Å²) in [6, 6.07) is 13.8. The van der Waals surface area contributed by atoms with Gasteiger partial charge in [-0.25, -0.2) is 13.6 Å². The van der Waals surface area contributed by atoms with Crippen molar-refractivity contribution in [2.75, 3.05) is 38.5 Å². The molecule has 5 heterocycles. The van der Waals surface area contributed by atoms with Crippen LogP contribution in [0.1, 0.15) is 47.4 Å². The number of hydrogen-bond acceptors (Lipinski definition) is 10. The Bertz CT molecular complexity index is 2100. The number of benzene rings is 2. The number of fused-ring (bicyclic) bond motifs is 7. The Balaban J connectivity index is 1.35. The van der Waals surface area contributed by atoms with Crippen molar-refractivity contribution in [3.8, 4) is 22.7 Å². The number of aromatic nitrogens is 2. The third-order valence-electron chi connectivity index (χ3n) is 9.54. The minimum Gasteiger partial charge on any atom is -0.468 e. The predicted molar refractivity (Wildman–Crippen MR) is 176 cm³/mol. The summed E-state index contributed by atoms with van der Waals surface area (Å²) in [5.41, 5.74) is -0.0103. The Morgan fingerprint density at radius 1 is 1.08 bits per heavy atom. The SMILES string of the molecule is CCO[P+](O)(NC1(C(=O)OC)CC1)Oc1c2n(ccc1=O)N(C1c3ccccc3-n3cccc3-c3c1ccc(F)c3F)C1COCCN1C2=O. The van der Waals surface area contributed by atoms with E-state index in [0.717, 1.165) is 6.07 Å². The summed E-state index contributed by atoms with van der Waals surface area (Å²) >= 11 is 0. The Morgan fingerprint density at radius 2 is 1.88 bits per heavy atom. The lowest BCUT2D eigenvalue weighted by molar-refractivity contribution is -0.144. The average molecular weight is 709 g/mol. The van der Waals surface area contributed by atoms with Crippen LogP contribution in [0.2, 0.25) is 0 Å². The number of carbonyl (C=O) groups excluding carboxylic acids is 2. The highest BCUT2D eigenvalue weighted by molar-refractivity contribution is 7.59. The van der Waals surface area contributed by atoms with E-state index in [1.54, 1.807) is 34.8 Å². The fraction of sp³-hybridized carbons (Fsp3) is 0.324. The molecule has 1 saturated heterocycles. The van der Waals surface area contributed by atoms with Crippen LogP contribution in [-0.2, 0) is 18.8 Å². The molecule has 3 unspecified atom stereocenters. The van der Waals surface area contributed by atoms with Gasteiger partial charge in [-0.05, 0) is 49.6 Å². The third kappa shape index (κ3) is 4.95. The van der Waals surface area contributed by atoms with Gasteiger partial charge in [0, 0.05) is 36.1 Å². The van der Waals surface area contributed by atoms with Crippen LogP contribution >= 0.6 is 8.09 Å². The molecule has 4 aliphatic rings. The van der Waals surface area contributed by atoms with Crippen LogP contribution in [-0.4, -0.2) is 76.1 Å². The quantitative estimate of drug-likeness (QED) is 0.206. The Hall–Kier alpha value is -4.66. The van der Waals surface area contributed by atoms with Gasteiger partial charge in [0.15, 0.2) is 22.9 Å². The molecule has 2 N–H and O–H groups in total. The first-order valence-corrected chi connectivity index (χ1v) is 17.7. The molecule has 13 nitrogen and oxygen atoms in total. The van der Waals surface area contributed by atoms with Gasteiger partial charge in [0.05, 0.1) is 38.3 Å². The van der Waals surface area contributed by atoms with E-state index in [4.69, 9.17) is 18.5 Å². The molecule has 50 heavy (non-hydrogen) atoms. The molecule has 2 aromatic heterocycles. The molecule has 260 valence electrons. The second-order valence-electron chi connectivity index (χ2n) is 12.4. The van der Waals surface area contributed by atoms with Crippen LogP contribution in [0.25, 0.3) is 16.9 Å². The van der Waals surface area contributed by atoms with E-state index in [1.807, 2.05) is 24.3 Å². The number of para-hydroxylation sites is 1. The van der Waals surface area contributed by atoms with Crippen molar-refractivity contribution in [1.29, 1.82) is 0 Å². The second kappa shape index (κ2) is 12.0. The van der Waals surface area contributed by atoms with Crippen LogP contribution < -0.4 is 20.0 Å². The van der Waals surface area contributed by atoms with E-state index in [-0.39, 0.29) is 37.6 Å². The predicted octanol–water partition coefficient (Wildman–Crippen LogP) is 3.82. The molecule has 8 rings (SSSR count). The summed E-state index contributed by atoms with van der Waals surface area (Å²) in [4.78, 5) is 54.0. The van der Waals surface area contributed by atoms with E-state index < -0.39 is 60.5 Å². The fourth-order valence-electron chi connectivity index (χ4n) is 7.18. The summed E-state index contributed by atoms with van der Waals surface area (Å²) in [6.07, 6.45) is 3.05. The van der Waals surface area contributed by atoms with Crippen molar-refractivity contribution in [2.24, 2.45) is 0 Å². The van der Waals surface area contributed by atoms with E-state index in [0.29, 0.717) is 35.3 Å². The normalized spacial score (nSPS) is 21.1. The molecule has 0 bridgehead atoms. The molecule has 1 aliphatic carbocycles. The summed E-state index contributed by atoms with van der Waals surface area (Å²) in [6.45, 7) is 1.93. The van der Waals surface area contributed by atoms with Gasteiger partial charge >= 0.3 is 14.1 Å². The first-order valence-electron chi connectivity index (χ1n) is 16.1. The van der Waals surface area contributed by atoms with Gasteiger partial charge in [-0.2, -0.15) is 9.42 Å². The second-order valence-corrected chi connectivity index (χ2v) is 14.1. The molecule has 3 aliphatic heterocycles. The Labute approximate surface area is 285 Å². The van der Waals surface area contributed by atoms with E-state index in [1.165, 1.54) is 35.0 Å². The van der Waals surface area contributed by atoms with Gasteiger partial charge in [0.1, 0.15) is 12.2 Å². The van der Waals surface area contributed by atoms with Crippen LogP contribution in [0.5, 0.6) is 5.75 Å². The van der Waals surface area contributed by atoms with Gasteiger partial charge in [0.2, 0.25) is 5.43 Å². The molecule has 2 fully saturated rings. The van der Waals surface area contributed by atoms with Gasteiger partial charge in [-0.15, -0.1) is 0 Å². The highest BCUT2D eigenvalue weighted by Crippen LogP contribution is 2.58.